The summed E-state index contributed by atoms with van der Waals surface area (Å²) >= 11 is 56.4. The van der Waals surface area contributed by atoms with E-state index in [2.05, 4.69) is 48.7 Å². The molecule has 0 spiro atoms. The zero-order valence-electron chi connectivity index (χ0n) is 21.6. The Balaban J connectivity index is 0.000000182. The summed E-state index contributed by atoms with van der Waals surface area (Å²) in [5, 5.41) is 2.10. The predicted octanol–water partition coefficient (Wildman–Crippen LogP) is 13.9. The minimum absolute atomic E-state index is 0.0493. The molecule has 4 heterocycles. The van der Waals surface area contributed by atoms with Gasteiger partial charge >= 0.3 is 64.8 Å². The number of aryl methyl sites for hydroxylation is 1. The molecule has 0 N–H and O–H groups in total. The number of fused-ring (bicyclic) bond motifs is 6. The van der Waals surface area contributed by atoms with E-state index in [1.807, 2.05) is 42.5 Å². The van der Waals surface area contributed by atoms with Crippen LogP contribution in [0.15, 0.2) is 77.6 Å². The molecular formula is C25H15Cl11N4O2P2. The van der Waals surface area contributed by atoms with Crippen molar-refractivity contribution in [2.75, 3.05) is 0 Å². The fourth-order valence-electron chi connectivity index (χ4n) is 3.76. The zero-order chi connectivity index (χ0) is 33.1. The maximum absolute atomic E-state index is 11.7. The first kappa shape index (κ1) is 38.2. The molecular weight excluding hydrogens is 840 g/mol. The van der Waals surface area contributed by atoms with Crippen LogP contribution >= 0.6 is 133 Å². The summed E-state index contributed by atoms with van der Waals surface area (Å²) in [5.41, 5.74) is 3.10. The summed E-state index contributed by atoms with van der Waals surface area (Å²) < 4.78 is 7.42. The van der Waals surface area contributed by atoms with Crippen molar-refractivity contribution < 1.29 is 4.57 Å². The molecule has 0 atom stereocenters. The van der Waals surface area contributed by atoms with Crippen molar-refractivity contribution in [1.29, 1.82) is 0 Å². The molecule has 234 valence electrons. The molecule has 0 saturated heterocycles. The number of hydrogen-bond acceptors (Lipinski definition) is 5. The Labute approximate surface area is 303 Å². The Kier molecular flexibility index (Phi) is 13.3. The molecule has 6 nitrogen and oxygen atoms in total. The number of nitrogens with zero attached hydrogens (tertiary/aromatic N) is 4. The third-order valence-corrected chi connectivity index (χ3v) is 5.99. The van der Waals surface area contributed by atoms with Gasteiger partial charge in [-0.2, -0.15) is 0 Å². The Morgan fingerprint density at radius 1 is 0.568 bits per heavy atom. The van der Waals surface area contributed by atoms with Crippen molar-refractivity contribution in [1.82, 2.24) is 19.5 Å². The van der Waals surface area contributed by atoms with Gasteiger partial charge in [-0.3, -0.25) is 9.36 Å². The molecule has 6 rings (SSSR count). The number of benzene rings is 2. The molecule has 0 fully saturated rings. The van der Waals surface area contributed by atoms with Crippen molar-refractivity contribution in [2.45, 2.75) is 0 Å². The molecule has 44 heavy (non-hydrogen) atoms. The largest absolute Gasteiger partial charge is 0.339 e. The summed E-state index contributed by atoms with van der Waals surface area (Å²) in [6.45, 7) is 0. The second-order valence-corrected chi connectivity index (χ2v) is 32.9. The van der Waals surface area contributed by atoms with E-state index in [4.69, 9.17) is 91.0 Å². The van der Waals surface area contributed by atoms with Crippen molar-refractivity contribution in [3.63, 3.8) is 0 Å². The molecule has 6 aromatic rings. The van der Waals surface area contributed by atoms with Crippen LogP contribution in [0, 0.1) is 0 Å². The van der Waals surface area contributed by atoms with E-state index >= 15 is 0 Å². The predicted molar refractivity (Wildman–Crippen MR) is 198 cm³/mol. The molecule has 19 heteroatoms. The SMILES string of the molecule is ClP(Cl)(Cl)(Cl)Cl.Clc1ccc2ccc3ccc(Cl)nc3c2n1.Cn1c(=O)ccc2ccc3ccc(Cl)nc3c21.O=P(Cl)(Cl)Cl. The normalized spacial score (nSPS) is 12.3. The van der Waals surface area contributed by atoms with Crippen molar-refractivity contribution in [3.8, 4) is 0 Å². The van der Waals surface area contributed by atoms with Gasteiger partial charge < -0.3 is 4.57 Å². The fourth-order valence-corrected chi connectivity index (χ4v) is 4.20. The van der Waals surface area contributed by atoms with Gasteiger partial charge in [0, 0.05) is 34.7 Å². The molecule has 0 unspecified atom stereocenters. The van der Waals surface area contributed by atoms with E-state index < -0.39 is 8.57 Å². The Hall–Kier alpha value is -0.270. The van der Waals surface area contributed by atoms with Crippen LogP contribution in [-0.2, 0) is 11.6 Å². The number of hydrogen-bond donors (Lipinski definition) is 0. The van der Waals surface area contributed by atoms with E-state index in [0.29, 0.717) is 15.5 Å². The molecule has 0 aliphatic carbocycles. The van der Waals surface area contributed by atoms with Crippen molar-refractivity contribution in [3.05, 3.63) is 98.6 Å². The smallest absolute Gasteiger partial charge is 0.309 e. The minimum atomic E-state index is -3.69. The van der Waals surface area contributed by atoms with Crippen molar-refractivity contribution >= 4 is 177 Å². The van der Waals surface area contributed by atoms with E-state index in [9.17, 15) is 9.36 Å². The fraction of sp³-hybridized carbons (Fsp3) is 0.0400. The maximum atomic E-state index is 11.7. The quantitative estimate of drug-likeness (QED) is 0.0864. The number of aromatic nitrogens is 4. The molecule has 0 amide bonds. The molecule has 0 saturated carbocycles. The third-order valence-electron chi connectivity index (χ3n) is 5.36. The number of rotatable bonds is 0. The van der Waals surface area contributed by atoms with Gasteiger partial charge in [0.2, 0.25) is 0 Å². The van der Waals surface area contributed by atoms with Crippen LogP contribution in [0.25, 0.3) is 43.6 Å². The summed E-state index contributed by atoms with van der Waals surface area (Å²) in [5.74, 6) is 0. The van der Waals surface area contributed by atoms with Crippen LogP contribution in [0.1, 0.15) is 0 Å². The van der Waals surface area contributed by atoms with Crippen LogP contribution in [0.5, 0.6) is 0 Å². The zero-order valence-corrected chi connectivity index (χ0v) is 31.7. The van der Waals surface area contributed by atoms with Crippen molar-refractivity contribution in [2.24, 2.45) is 7.05 Å². The van der Waals surface area contributed by atoms with Crippen LogP contribution in [0.4, 0.5) is 0 Å². The second-order valence-electron chi connectivity index (χ2n) is 8.45. The maximum Gasteiger partial charge on any atom is 0.339 e. The van der Waals surface area contributed by atoms with Crippen LogP contribution in [0.3, 0.4) is 0 Å². The van der Waals surface area contributed by atoms with Crippen LogP contribution < -0.4 is 5.56 Å². The van der Waals surface area contributed by atoms with Gasteiger partial charge in [0.15, 0.2) is 0 Å². The third kappa shape index (κ3) is 12.7. The van der Waals surface area contributed by atoms with Gasteiger partial charge in [-0.25, -0.2) is 15.0 Å². The molecule has 2 aromatic carbocycles. The topological polar surface area (TPSA) is 77.7 Å². The van der Waals surface area contributed by atoms with Gasteiger partial charge in [0.25, 0.3) is 5.56 Å². The molecule has 0 bridgehead atoms. The van der Waals surface area contributed by atoms with E-state index in [1.165, 1.54) is 0 Å². The second kappa shape index (κ2) is 15.3. The van der Waals surface area contributed by atoms with Gasteiger partial charge in [-0.15, -0.1) is 0 Å². The van der Waals surface area contributed by atoms with Gasteiger partial charge in [-0.05, 0) is 76.2 Å². The average molecular weight is 855 g/mol. The molecule has 0 radical (unpaired) electrons. The molecule has 0 aliphatic rings. The Morgan fingerprint density at radius 2 is 0.841 bits per heavy atom. The van der Waals surface area contributed by atoms with E-state index in [1.54, 1.807) is 41.9 Å². The van der Waals surface area contributed by atoms with Crippen LogP contribution in [-0.4, -0.2) is 19.5 Å². The Bertz CT molecular complexity index is 2010. The molecule has 0 aliphatic heterocycles. The average Bonchev–Trinajstić information content (AvgIpc) is 2.88. The number of pyridine rings is 4. The van der Waals surface area contributed by atoms with Gasteiger partial charge in [0.1, 0.15) is 15.5 Å². The summed E-state index contributed by atoms with van der Waals surface area (Å²) in [6.07, 6.45) is 0. The molecule has 4 aromatic heterocycles. The minimum Gasteiger partial charge on any atom is -0.309 e. The van der Waals surface area contributed by atoms with E-state index in [0.717, 1.165) is 43.6 Å². The first-order valence-electron chi connectivity index (χ1n) is 11.5. The summed E-state index contributed by atoms with van der Waals surface area (Å²) in [7, 11) is 1.74. The van der Waals surface area contributed by atoms with Gasteiger partial charge in [0.05, 0.1) is 22.1 Å². The monoisotopic (exact) mass is 850 g/mol. The first-order chi connectivity index (χ1) is 20.1. The summed E-state index contributed by atoms with van der Waals surface area (Å²) in [6, 6.07) is 22.3. The Morgan fingerprint density at radius 3 is 1.23 bits per heavy atom. The summed E-state index contributed by atoms with van der Waals surface area (Å²) in [4.78, 5) is 24.6. The van der Waals surface area contributed by atoms with Crippen LogP contribution in [0.2, 0.25) is 15.5 Å². The standard InChI is InChI=1S/C13H9ClN2O.C12H6Cl2N2.Cl5P.Cl3OP/c1-16-11(17)7-5-9-3-2-8-4-6-10(14)15-12(8)13(9)16;13-9-5-3-7-1-2-8-4-6-10(14)16-12(8)11(7)15-9;1-6(2,3,4)5;1-5(2,3)4/h2-7H,1H3;1-6H;;. The number of halogens is 11. The van der Waals surface area contributed by atoms with E-state index in [-0.39, 0.29) is 5.56 Å². The van der Waals surface area contributed by atoms with Gasteiger partial charge in [-0.1, -0.05) is 59.1 Å². The first-order valence-corrected chi connectivity index (χ1v) is 23.8.